The zero-order valence-corrected chi connectivity index (χ0v) is 15.5. The van der Waals surface area contributed by atoms with Gasteiger partial charge in [-0.1, -0.05) is 30.3 Å². The van der Waals surface area contributed by atoms with Gasteiger partial charge in [-0.05, 0) is 23.3 Å². The van der Waals surface area contributed by atoms with Gasteiger partial charge in [0.25, 0.3) is 0 Å². The summed E-state index contributed by atoms with van der Waals surface area (Å²) in [6.45, 7) is 1.88. The van der Waals surface area contributed by atoms with Crippen molar-refractivity contribution in [2.24, 2.45) is 0 Å². The maximum absolute atomic E-state index is 12.6. The molecular weight excluding hydrogens is 367 g/mol. The first-order valence-electron chi connectivity index (χ1n) is 9.53. The summed E-state index contributed by atoms with van der Waals surface area (Å²) in [5.41, 5.74) is 2.00. The highest BCUT2D eigenvalue weighted by Gasteiger charge is 2.65. The SMILES string of the molecule is OC[C@H]1[C@@H](c2ccccc2)C2(CN(CCC(F)(F)F)C2)N1Cc1ccncc1. The van der Waals surface area contributed by atoms with E-state index in [2.05, 4.69) is 22.0 Å². The van der Waals surface area contributed by atoms with Crippen LogP contribution in [0.15, 0.2) is 54.9 Å². The second-order valence-corrected chi connectivity index (χ2v) is 7.80. The minimum atomic E-state index is -4.13. The smallest absolute Gasteiger partial charge is 0.390 e. The number of rotatable bonds is 6. The molecule has 4 nitrogen and oxygen atoms in total. The van der Waals surface area contributed by atoms with E-state index >= 15 is 0 Å². The molecular formula is C21H24F3N3O. The van der Waals surface area contributed by atoms with Crippen LogP contribution >= 0.6 is 0 Å². The van der Waals surface area contributed by atoms with Crippen LogP contribution in [0.3, 0.4) is 0 Å². The summed E-state index contributed by atoms with van der Waals surface area (Å²) < 4.78 is 37.8. The fourth-order valence-electron chi connectivity index (χ4n) is 4.87. The molecule has 28 heavy (non-hydrogen) atoms. The van der Waals surface area contributed by atoms with E-state index in [4.69, 9.17) is 0 Å². The Kier molecular flexibility index (Phi) is 5.16. The van der Waals surface area contributed by atoms with Crippen molar-refractivity contribution in [2.45, 2.75) is 36.6 Å². The molecule has 150 valence electrons. The van der Waals surface area contributed by atoms with Crippen molar-refractivity contribution in [3.05, 3.63) is 66.0 Å². The van der Waals surface area contributed by atoms with Gasteiger partial charge in [0, 0.05) is 50.5 Å². The van der Waals surface area contributed by atoms with E-state index in [1.807, 2.05) is 35.2 Å². The van der Waals surface area contributed by atoms with Crippen molar-refractivity contribution in [1.82, 2.24) is 14.8 Å². The summed E-state index contributed by atoms with van der Waals surface area (Å²) >= 11 is 0. The molecule has 1 spiro atoms. The van der Waals surface area contributed by atoms with Gasteiger partial charge in [0.15, 0.2) is 0 Å². The van der Waals surface area contributed by atoms with Gasteiger partial charge < -0.3 is 5.11 Å². The zero-order valence-electron chi connectivity index (χ0n) is 15.5. The highest BCUT2D eigenvalue weighted by molar-refractivity contribution is 5.36. The normalized spacial score (nSPS) is 24.7. The van der Waals surface area contributed by atoms with Crippen LogP contribution in [-0.4, -0.2) is 63.9 Å². The largest absolute Gasteiger partial charge is 0.395 e. The molecule has 7 heteroatoms. The summed E-state index contributed by atoms with van der Waals surface area (Å²) in [7, 11) is 0. The lowest BCUT2D eigenvalue weighted by atomic mass is 9.60. The third-order valence-electron chi connectivity index (χ3n) is 6.09. The molecule has 2 aliphatic heterocycles. The van der Waals surface area contributed by atoms with Crippen LogP contribution in [0.2, 0.25) is 0 Å². The Morgan fingerprint density at radius 3 is 2.36 bits per heavy atom. The Bertz CT molecular complexity index is 778. The molecule has 2 aliphatic rings. The highest BCUT2D eigenvalue weighted by atomic mass is 19.4. The number of aliphatic hydroxyl groups excluding tert-OH is 1. The van der Waals surface area contributed by atoms with Crippen molar-refractivity contribution in [1.29, 1.82) is 0 Å². The highest BCUT2D eigenvalue weighted by Crippen LogP contribution is 2.54. The number of likely N-dealkylation sites (tertiary alicyclic amines) is 2. The number of aromatic nitrogens is 1. The average Bonchev–Trinajstić information content (AvgIpc) is 2.64. The maximum atomic E-state index is 12.6. The van der Waals surface area contributed by atoms with E-state index in [1.54, 1.807) is 12.4 Å². The van der Waals surface area contributed by atoms with Crippen molar-refractivity contribution in [2.75, 3.05) is 26.2 Å². The lowest BCUT2D eigenvalue weighted by Crippen LogP contribution is -2.84. The molecule has 0 unspecified atom stereocenters. The number of pyridine rings is 1. The van der Waals surface area contributed by atoms with Gasteiger partial charge in [0.2, 0.25) is 0 Å². The number of hydrogen-bond acceptors (Lipinski definition) is 4. The molecule has 0 bridgehead atoms. The number of nitrogens with zero attached hydrogens (tertiary/aromatic N) is 3. The summed E-state index contributed by atoms with van der Waals surface area (Å²) in [6, 6.07) is 13.9. The van der Waals surface area contributed by atoms with Crippen molar-refractivity contribution in [3.63, 3.8) is 0 Å². The second-order valence-electron chi connectivity index (χ2n) is 7.80. The van der Waals surface area contributed by atoms with Crippen LogP contribution in [-0.2, 0) is 6.54 Å². The monoisotopic (exact) mass is 391 g/mol. The summed E-state index contributed by atoms with van der Waals surface area (Å²) in [5, 5.41) is 10.1. The molecule has 1 N–H and O–H groups in total. The lowest BCUT2D eigenvalue weighted by molar-refractivity contribution is -0.204. The first kappa shape index (κ1) is 19.4. The molecule has 0 amide bonds. The standard InChI is InChI=1S/C21H24F3N3O/c22-21(23,24)8-11-26-14-20(15-26)19(17-4-2-1-3-5-17)18(13-28)27(20)12-16-6-9-25-10-7-16/h1-7,9-10,18-19,28H,8,11-15H2/t18-,19+/m0/s1. The molecule has 2 fully saturated rings. The first-order chi connectivity index (χ1) is 13.4. The van der Waals surface area contributed by atoms with E-state index in [0.29, 0.717) is 19.6 Å². The Labute approximate surface area is 162 Å². The van der Waals surface area contributed by atoms with Crippen LogP contribution < -0.4 is 0 Å². The fraction of sp³-hybridized carbons (Fsp3) is 0.476. The molecule has 0 aliphatic carbocycles. The van der Waals surface area contributed by atoms with Crippen molar-refractivity contribution < 1.29 is 18.3 Å². The number of alkyl halides is 3. The number of halogens is 3. The summed E-state index contributed by atoms with van der Waals surface area (Å²) in [5.74, 6) is 0.114. The van der Waals surface area contributed by atoms with Gasteiger partial charge in [-0.15, -0.1) is 0 Å². The molecule has 2 aromatic rings. The summed E-state index contributed by atoms with van der Waals surface area (Å²) in [6.07, 6.45) is -1.44. The predicted octanol–water partition coefficient (Wildman–Crippen LogP) is 3.05. The third-order valence-corrected chi connectivity index (χ3v) is 6.09. The number of hydrogen-bond donors (Lipinski definition) is 1. The molecule has 0 saturated carbocycles. The minimum Gasteiger partial charge on any atom is -0.395 e. The average molecular weight is 391 g/mol. The Hall–Kier alpha value is -1.96. The molecule has 0 radical (unpaired) electrons. The quantitative estimate of drug-likeness (QED) is 0.822. The van der Waals surface area contributed by atoms with E-state index in [9.17, 15) is 18.3 Å². The van der Waals surface area contributed by atoms with Crippen LogP contribution in [0.25, 0.3) is 0 Å². The first-order valence-corrected chi connectivity index (χ1v) is 9.53. The molecule has 2 atom stereocenters. The van der Waals surface area contributed by atoms with Gasteiger partial charge in [0.1, 0.15) is 0 Å². The van der Waals surface area contributed by atoms with Crippen LogP contribution in [0.1, 0.15) is 23.5 Å². The van der Waals surface area contributed by atoms with Gasteiger partial charge in [-0.25, -0.2) is 0 Å². The van der Waals surface area contributed by atoms with E-state index in [1.165, 1.54) is 0 Å². The zero-order chi connectivity index (χ0) is 19.8. The second kappa shape index (κ2) is 7.46. The van der Waals surface area contributed by atoms with Crippen LogP contribution in [0.5, 0.6) is 0 Å². The van der Waals surface area contributed by atoms with E-state index in [0.717, 1.165) is 11.1 Å². The van der Waals surface area contributed by atoms with Crippen molar-refractivity contribution in [3.8, 4) is 0 Å². The molecule has 3 heterocycles. The number of aliphatic hydroxyl groups is 1. The Morgan fingerprint density at radius 1 is 1.07 bits per heavy atom. The number of benzene rings is 1. The maximum Gasteiger partial charge on any atom is 0.390 e. The fourth-order valence-corrected chi connectivity index (χ4v) is 4.87. The predicted molar refractivity (Wildman–Crippen MR) is 99.7 cm³/mol. The molecule has 4 rings (SSSR count). The molecule has 2 saturated heterocycles. The van der Waals surface area contributed by atoms with Gasteiger partial charge in [-0.2, -0.15) is 13.2 Å². The van der Waals surface area contributed by atoms with Crippen LogP contribution in [0.4, 0.5) is 13.2 Å². The van der Waals surface area contributed by atoms with Crippen molar-refractivity contribution >= 4 is 0 Å². The Balaban J connectivity index is 1.55. The lowest BCUT2D eigenvalue weighted by Gasteiger charge is -2.71. The van der Waals surface area contributed by atoms with Gasteiger partial charge in [0.05, 0.1) is 18.6 Å². The minimum absolute atomic E-state index is 0.0228. The van der Waals surface area contributed by atoms with Crippen LogP contribution in [0, 0.1) is 0 Å². The van der Waals surface area contributed by atoms with E-state index < -0.39 is 12.6 Å². The van der Waals surface area contributed by atoms with Gasteiger partial charge in [-0.3, -0.25) is 14.8 Å². The van der Waals surface area contributed by atoms with Gasteiger partial charge >= 0.3 is 6.18 Å². The van der Waals surface area contributed by atoms with E-state index in [-0.39, 0.29) is 30.7 Å². The third kappa shape index (κ3) is 3.54. The molecule has 1 aromatic heterocycles. The summed E-state index contributed by atoms with van der Waals surface area (Å²) in [4.78, 5) is 8.18. The molecule has 1 aromatic carbocycles. The topological polar surface area (TPSA) is 39.6 Å². The Morgan fingerprint density at radius 2 is 1.75 bits per heavy atom.